The molecule has 0 saturated carbocycles. The van der Waals surface area contributed by atoms with Gasteiger partial charge in [-0.05, 0) is 12.1 Å². The highest BCUT2D eigenvalue weighted by Crippen LogP contribution is 2.30. The van der Waals surface area contributed by atoms with E-state index >= 15 is 0 Å². The Morgan fingerprint density at radius 1 is 1.26 bits per heavy atom. The van der Waals surface area contributed by atoms with Crippen LogP contribution in [0, 0.1) is 0 Å². The Balaban J connectivity index is 1.53. The molecule has 140 valence electrons. The molecule has 1 aliphatic rings. The van der Waals surface area contributed by atoms with Gasteiger partial charge in [0.25, 0.3) is 5.91 Å². The van der Waals surface area contributed by atoms with Crippen LogP contribution in [0.3, 0.4) is 0 Å². The molecule has 1 aliphatic heterocycles. The molecule has 1 amide bonds. The molecule has 0 bridgehead atoms. The van der Waals surface area contributed by atoms with Crippen molar-refractivity contribution >= 4 is 5.91 Å². The predicted octanol–water partition coefficient (Wildman–Crippen LogP) is 1.85. The van der Waals surface area contributed by atoms with E-state index in [1.54, 1.807) is 12.1 Å². The second-order valence-corrected chi connectivity index (χ2v) is 6.44. The van der Waals surface area contributed by atoms with Gasteiger partial charge in [0.15, 0.2) is 11.6 Å². The van der Waals surface area contributed by atoms with E-state index in [-0.39, 0.29) is 5.91 Å². The molecule has 1 saturated heterocycles. The lowest BCUT2D eigenvalue weighted by molar-refractivity contribution is 0.0306. The van der Waals surface area contributed by atoms with Crippen molar-refractivity contribution in [2.75, 3.05) is 13.2 Å². The summed E-state index contributed by atoms with van der Waals surface area (Å²) in [6.07, 6.45) is 3.24. The van der Waals surface area contributed by atoms with Crippen LogP contribution < -0.4 is 5.32 Å². The Bertz CT molecular complexity index is 898. The highest BCUT2D eigenvalue weighted by molar-refractivity contribution is 5.95. The molecule has 0 spiro atoms. The number of carbonyl (C=O) groups excluding carboxylic acids is 1. The van der Waals surface area contributed by atoms with E-state index in [1.807, 2.05) is 19.1 Å². The van der Waals surface area contributed by atoms with Gasteiger partial charge in [-0.25, -0.2) is 4.98 Å². The number of rotatable bonds is 5. The number of ether oxygens (including phenoxy) is 1. The molecule has 9 heteroatoms. The Morgan fingerprint density at radius 3 is 2.67 bits per heavy atom. The first-order chi connectivity index (χ1) is 13.2. The molecule has 3 aromatic rings. The summed E-state index contributed by atoms with van der Waals surface area (Å²) in [4.78, 5) is 21.4. The Morgan fingerprint density at radius 2 is 2.04 bits per heavy atom. The number of hydrogen-bond acceptors (Lipinski definition) is 7. The molecule has 1 aromatic carbocycles. The van der Waals surface area contributed by atoms with Gasteiger partial charge in [0.05, 0.1) is 0 Å². The number of nitrogens with one attached hydrogen (secondary N) is 2. The summed E-state index contributed by atoms with van der Waals surface area (Å²) in [6, 6.07) is 7.19. The lowest BCUT2D eigenvalue weighted by atomic mass is 9.88. The van der Waals surface area contributed by atoms with Crippen LogP contribution in [0.15, 0.2) is 35.2 Å². The standard InChI is InChI=1S/C18H20N6O3/c1-2-14-20-15(23-22-14)12-3-5-13(6-4-12)16(25)21-18(7-9-26-10-8-18)17-19-11-27-24-17/h3-6,11H,2,7-10H2,1H3,(H,21,25)(H,20,22,23). The fourth-order valence-corrected chi connectivity index (χ4v) is 3.15. The summed E-state index contributed by atoms with van der Waals surface area (Å²) in [6.45, 7) is 3.06. The second-order valence-electron chi connectivity index (χ2n) is 6.44. The lowest BCUT2D eigenvalue weighted by Gasteiger charge is -2.35. The van der Waals surface area contributed by atoms with E-state index in [4.69, 9.17) is 9.26 Å². The summed E-state index contributed by atoms with van der Waals surface area (Å²) in [7, 11) is 0. The van der Waals surface area contributed by atoms with Crippen molar-refractivity contribution in [1.29, 1.82) is 0 Å². The van der Waals surface area contributed by atoms with E-state index in [0.717, 1.165) is 17.8 Å². The van der Waals surface area contributed by atoms with Crippen molar-refractivity contribution in [3.8, 4) is 11.4 Å². The van der Waals surface area contributed by atoms with Crippen molar-refractivity contribution in [2.24, 2.45) is 0 Å². The number of H-pyrrole nitrogens is 1. The Labute approximate surface area is 155 Å². The topological polar surface area (TPSA) is 119 Å². The largest absolute Gasteiger partial charge is 0.381 e. The smallest absolute Gasteiger partial charge is 0.252 e. The number of aromatic nitrogens is 5. The monoisotopic (exact) mass is 368 g/mol. The summed E-state index contributed by atoms with van der Waals surface area (Å²) in [5.41, 5.74) is 0.710. The van der Waals surface area contributed by atoms with Crippen molar-refractivity contribution in [2.45, 2.75) is 31.7 Å². The minimum absolute atomic E-state index is 0.197. The van der Waals surface area contributed by atoms with Gasteiger partial charge in [0.1, 0.15) is 11.4 Å². The summed E-state index contributed by atoms with van der Waals surface area (Å²) >= 11 is 0. The Kier molecular flexibility index (Phi) is 4.68. The minimum Gasteiger partial charge on any atom is -0.381 e. The molecule has 4 rings (SSSR count). The van der Waals surface area contributed by atoms with Gasteiger partial charge >= 0.3 is 0 Å². The van der Waals surface area contributed by atoms with Crippen LogP contribution in [0.4, 0.5) is 0 Å². The number of hydrogen-bond donors (Lipinski definition) is 2. The van der Waals surface area contributed by atoms with Crippen LogP contribution in [0.5, 0.6) is 0 Å². The number of aromatic amines is 1. The maximum Gasteiger partial charge on any atom is 0.252 e. The first-order valence-corrected chi connectivity index (χ1v) is 8.89. The summed E-state index contributed by atoms with van der Waals surface area (Å²) in [5, 5.41) is 14.1. The van der Waals surface area contributed by atoms with Gasteiger partial charge in [-0.3, -0.25) is 9.89 Å². The van der Waals surface area contributed by atoms with E-state index < -0.39 is 5.54 Å². The number of amides is 1. The molecular weight excluding hydrogens is 348 g/mol. The van der Waals surface area contributed by atoms with Gasteiger partial charge in [-0.2, -0.15) is 10.1 Å². The maximum absolute atomic E-state index is 12.8. The number of aryl methyl sites for hydroxylation is 1. The third kappa shape index (κ3) is 3.45. The fourth-order valence-electron chi connectivity index (χ4n) is 3.15. The average molecular weight is 368 g/mol. The van der Waals surface area contributed by atoms with Crippen molar-refractivity contribution in [1.82, 2.24) is 30.6 Å². The van der Waals surface area contributed by atoms with Gasteiger partial charge in [-0.1, -0.05) is 24.2 Å². The van der Waals surface area contributed by atoms with Gasteiger partial charge < -0.3 is 14.6 Å². The molecule has 3 heterocycles. The highest BCUT2D eigenvalue weighted by atomic mass is 16.5. The second kappa shape index (κ2) is 7.28. The van der Waals surface area contributed by atoms with Crippen LogP contribution in [0.25, 0.3) is 11.4 Å². The molecule has 0 unspecified atom stereocenters. The van der Waals surface area contributed by atoms with Crippen LogP contribution in [0.2, 0.25) is 0 Å². The molecule has 0 radical (unpaired) electrons. The number of carbonyl (C=O) groups is 1. The highest BCUT2D eigenvalue weighted by Gasteiger charge is 2.40. The third-order valence-corrected chi connectivity index (χ3v) is 4.76. The van der Waals surface area contributed by atoms with Crippen LogP contribution in [-0.4, -0.2) is 44.4 Å². The normalized spacial score (nSPS) is 16.2. The van der Waals surface area contributed by atoms with Crippen molar-refractivity contribution < 1.29 is 14.1 Å². The van der Waals surface area contributed by atoms with E-state index in [2.05, 4.69) is 30.6 Å². The third-order valence-electron chi connectivity index (χ3n) is 4.76. The Hall–Kier alpha value is -3.07. The quantitative estimate of drug-likeness (QED) is 0.705. The molecule has 1 fully saturated rings. The van der Waals surface area contributed by atoms with E-state index in [0.29, 0.717) is 43.3 Å². The predicted molar refractivity (Wildman–Crippen MR) is 94.7 cm³/mol. The molecule has 2 N–H and O–H groups in total. The molecular formula is C18H20N6O3. The average Bonchev–Trinajstić information content (AvgIpc) is 3.41. The van der Waals surface area contributed by atoms with E-state index in [1.165, 1.54) is 6.39 Å². The van der Waals surface area contributed by atoms with Crippen LogP contribution in [-0.2, 0) is 16.7 Å². The summed E-state index contributed by atoms with van der Waals surface area (Å²) < 4.78 is 10.3. The van der Waals surface area contributed by atoms with Gasteiger partial charge in [0.2, 0.25) is 6.39 Å². The molecule has 9 nitrogen and oxygen atoms in total. The lowest BCUT2D eigenvalue weighted by Crippen LogP contribution is -2.50. The zero-order chi connectivity index (χ0) is 18.7. The molecule has 27 heavy (non-hydrogen) atoms. The fraction of sp³-hybridized carbons (Fsp3) is 0.389. The first kappa shape index (κ1) is 17.3. The molecule has 2 aromatic heterocycles. The van der Waals surface area contributed by atoms with Crippen molar-refractivity contribution in [3.63, 3.8) is 0 Å². The van der Waals surface area contributed by atoms with Crippen LogP contribution >= 0.6 is 0 Å². The SMILES string of the molecule is CCc1nc(-c2ccc(C(=O)NC3(c4ncon4)CCOCC3)cc2)n[nH]1. The molecule has 0 atom stereocenters. The van der Waals surface area contributed by atoms with Crippen molar-refractivity contribution in [3.05, 3.63) is 47.9 Å². The van der Waals surface area contributed by atoms with Gasteiger partial charge in [-0.15, -0.1) is 0 Å². The number of benzene rings is 1. The van der Waals surface area contributed by atoms with Gasteiger partial charge in [0, 0.05) is 43.6 Å². The summed E-state index contributed by atoms with van der Waals surface area (Å²) in [5.74, 6) is 1.72. The minimum atomic E-state index is -0.680. The number of nitrogens with zero attached hydrogens (tertiary/aromatic N) is 4. The first-order valence-electron chi connectivity index (χ1n) is 8.89. The maximum atomic E-state index is 12.8. The molecule has 0 aliphatic carbocycles. The zero-order valence-electron chi connectivity index (χ0n) is 14.9. The van der Waals surface area contributed by atoms with E-state index in [9.17, 15) is 4.79 Å². The van der Waals surface area contributed by atoms with Crippen LogP contribution in [0.1, 0.15) is 41.8 Å². The zero-order valence-corrected chi connectivity index (χ0v) is 14.9.